The molecule has 0 radical (unpaired) electrons. The van der Waals surface area contributed by atoms with Crippen LogP contribution >= 0.6 is 46.4 Å². The zero-order valence-electron chi connectivity index (χ0n) is 20.8. The zero-order chi connectivity index (χ0) is 26.5. The lowest BCUT2D eigenvalue weighted by Gasteiger charge is -2.34. The number of amides is 2. The molecule has 2 aromatic rings. The minimum atomic E-state index is -0.498. The Labute approximate surface area is 233 Å². The third-order valence-corrected chi connectivity index (χ3v) is 7.58. The molecule has 1 saturated heterocycles. The molecule has 1 unspecified atom stereocenters. The van der Waals surface area contributed by atoms with Crippen molar-refractivity contribution in [1.29, 1.82) is 0 Å². The average molecular weight is 574 g/mol. The summed E-state index contributed by atoms with van der Waals surface area (Å²) >= 11 is 24.6. The second-order valence-corrected chi connectivity index (χ2v) is 11.9. The van der Waals surface area contributed by atoms with Gasteiger partial charge in [-0.1, -0.05) is 52.5 Å². The number of ether oxygens (including phenoxy) is 1. The van der Waals surface area contributed by atoms with E-state index >= 15 is 0 Å². The van der Waals surface area contributed by atoms with Crippen LogP contribution in [0.25, 0.3) is 0 Å². The molecule has 1 atom stereocenters. The molecule has 1 fully saturated rings. The van der Waals surface area contributed by atoms with Gasteiger partial charge in [0.15, 0.2) is 0 Å². The van der Waals surface area contributed by atoms with Crippen molar-refractivity contribution in [3.63, 3.8) is 0 Å². The van der Waals surface area contributed by atoms with Gasteiger partial charge in [0.1, 0.15) is 5.60 Å². The minimum Gasteiger partial charge on any atom is -0.444 e. The van der Waals surface area contributed by atoms with Crippen molar-refractivity contribution in [3.8, 4) is 0 Å². The highest BCUT2D eigenvalue weighted by Crippen LogP contribution is 2.32. The van der Waals surface area contributed by atoms with Crippen LogP contribution in [0.15, 0.2) is 36.4 Å². The molecule has 0 aliphatic carbocycles. The van der Waals surface area contributed by atoms with E-state index in [0.717, 1.165) is 31.2 Å². The van der Waals surface area contributed by atoms with E-state index in [0.29, 0.717) is 51.2 Å². The number of benzene rings is 2. The molecule has 1 aliphatic heterocycles. The van der Waals surface area contributed by atoms with Crippen LogP contribution in [0.4, 0.5) is 4.79 Å². The van der Waals surface area contributed by atoms with Gasteiger partial charge in [-0.2, -0.15) is 0 Å². The molecule has 9 heteroatoms. The summed E-state index contributed by atoms with van der Waals surface area (Å²) in [6.45, 7) is 7.42. The van der Waals surface area contributed by atoms with Crippen LogP contribution in [0, 0.1) is 5.92 Å². The normalized spacial score (nSPS) is 15.5. The van der Waals surface area contributed by atoms with Crippen LogP contribution in [0.2, 0.25) is 20.1 Å². The summed E-state index contributed by atoms with van der Waals surface area (Å²) in [5.74, 6) is 0.265. The summed E-state index contributed by atoms with van der Waals surface area (Å²) in [6.07, 6.45) is 3.40. The number of rotatable bonds is 7. The predicted octanol–water partition coefficient (Wildman–Crippen LogP) is 8.24. The highest BCUT2D eigenvalue weighted by molar-refractivity contribution is 6.42. The Morgan fingerprint density at radius 3 is 2.31 bits per heavy atom. The van der Waals surface area contributed by atoms with Crippen molar-refractivity contribution in [2.45, 2.75) is 58.0 Å². The van der Waals surface area contributed by atoms with Gasteiger partial charge in [0, 0.05) is 30.6 Å². The van der Waals surface area contributed by atoms with Crippen molar-refractivity contribution in [2.24, 2.45) is 5.92 Å². The summed E-state index contributed by atoms with van der Waals surface area (Å²) < 4.78 is 5.50. The molecule has 0 aromatic heterocycles. The van der Waals surface area contributed by atoms with Gasteiger partial charge in [0.05, 0.1) is 20.6 Å². The number of likely N-dealkylation sites (tertiary alicyclic amines) is 1. The van der Waals surface area contributed by atoms with Gasteiger partial charge in [0.2, 0.25) is 0 Å². The molecular formula is C27H32Cl4N2O3. The molecule has 1 aliphatic rings. The first-order chi connectivity index (χ1) is 16.9. The fraction of sp³-hybridized carbons (Fsp3) is 0.481. The largest absolute Gasteiger partial charge is 0.444 e. The number of nitrogens with zero attached hydrogens (tertiary/aromatic N) is 1. The number of hydrogen-bond donors (Lipinski definition) is 1. The van der Waals surface area contributed by atoms with Gasteiger partial charge < -0.3 is 15.0 Å². The highest BCUT2D eigenvalue weighted by atomic mass is 35.5. The summed E-state index contributed by atoms with van der Waals surface area (Å²) in [6, 6.07) is 10.4. The molecule has 36 heavy (non-hydrogen) atoms. The van der Waals surface area contributed by atoms with Crippen LogP contribution < -0.4 is 5.32 Å². The third kappa shape index (κ3) is 8.44. The van der Waals surface area contributed by atoms with Gasteiger partial charge in [0.25, 0.3) is 5.91 Å². The molecule has 2 aromatic carbocycles. The topological polar surface area (TPSA) is 58.6 Å². The minimum absolute atomic E-state index is 0.0404. The Kier molecular flexibility index (Phi) is 10.2. The Balaban J connectivity index is 1.61. The molecule has 196 valence electrons. The van der Waals surface area contributed by atoms with Gasteiger partial charge >= 0.3 is 6.09 Å². The third-order valence-electron chi connectivity index (χ3n) is 6.29. The monoisotopic (exact) mass is 572 g/mol. The molecule has 0 saturated carbocycles. The van der Waals surface area contributed by atoms with Crippen molar-refractivity contribution in [1.82, 2.24) is 10.2 Å². The van der Waals surface area contributed by atoms with E-state index in [-0.39, 0.29) is 17.9 Å². The average Bonchev–Trinajstić information content (AvgIpc) is 2.80. The predicted molar refractivity (Wildman–Crippen MR) is 148 cm³/mol. The van der Waals surface area contributed by atoms with E-state index in [9.17, 15) is 9.59 Å². The number of halogens is 4. The molecular weight excluding hydrogens is 542 g/mol. The van der Waals surface area contributed by atoms with E-state index in [1.165, 1.54) is 0 Å². The Morgan fingerprint density at radius 1 is 1.00 bits per heavy atom. The Morgan fingerprint density at radius 2 is 1.69 bits per heavy atom. The maximum Gasteiger partial charge on any atom is 0.410 e. The summed E-state index contributed by atoms with van der Waals surface area (Å²) in [5, 5.41) is 4.77. The lowest BCUT2D eigenvalue weighted by molar-refractivity contribution is 0.0180. The van der Waals surface area contributed by atoms with Crippen molar-refractivity contribution < 1.29 is 14.3 Å². The highest BCUT2D eigenvalue weighted by Gasteiger charge is 2.27. The number of piperidine rings is 1. The van der Waals surface area contributed by atoms with Crippen LogP contribution in [0.1, 0.15) is 68.3 Å². The molecule has 1 N–H and O–H groups in total. The first kappa shape index (κ1) is 28.9. The fourth-order valence-electron chi connectivity index (χ4n) is 4.31. The first-order valence-electron chi connectivity index (χ1n) is 12.1. The van der Waals surface area contributed by atoms with E-state index < -0.39 is 5.60 Å². The molecule has 5 nitrogen and oxygen atoms in total. The summed E-state index contributed by atoms with van der Waals surface area (Å²) in [7, 11) is 0. The smallest absolute Gasteiger partial charge is 0.410 e. The Hall–Kier alpha value is -1.66. The van der Waals surface area contributed by atoms with E-state index in [1.54, 1.807) is 29.2 Å². The van der Waals surface area contributed by atoms with Crippen molar-refractivity contribution in [3.05, 3.63) is 67.6 Å². The number of carbonyl (C=O) groups is 2. The SMILES string of the molecule is CC(C)(C)OC(=O)N1CCC(CCC(CNC(=O)c2ccc(Cl)cc2Cl)c2ccc(Cl)c(Cl)c2)CC1. The standard InChI is InChI=1S/C27H32Cl4N2O3/c1-27(2,3)36-26(35)33-12-10-17(11-13-33)4-5-19(18-6-9-22(29)24(31)14-18)16-32-25(34)21-8-7-20(28)15-23(21)30/h6-9,14-15,17,19H,4-5,10-13,16H2,1-3H3,(H,32,34). The lowest BCUT2D eigenvalue weighted by atomic mass is 9.86. The van der Waals surface area contributed by atoms with Crippen LogP contribution in [0.3, 0.4) is 0 Å². The molecule has 0 spiro atoms. The van der Waals surface area contributed by atoms with E-state index in [2.05, 4.69) is 5.32 Å². The van der Waals surface area contributed by atoms with Crippen molar-refractivity contribution >= 4 is 58.4 Å². The van der Waals surface area contributed by atoms with Crippen LogP contribution in [-0.4, -0.2) is 42.1 Å². The lowest BCUT2D eigenvalue weighted by Crippen LogP contribution is -2.41. The van der Waals surface area contributed by atoms with Crippen LogP contribution in [-0.2, 0) is 4.74 Å². The quantitative estimate of drug-likeness (QED) is 0.363. The molecule has 2 amide bonds. The maximum absolute atomic E-state index is 12.8. The second kappa shape index (κ2) is 12.7. The first-order valence-corrected chi connectivity index (χ1v) is 13.6. The van der Waals surface area contributed by atoms with Gasteiger partial charge in [-0.25, -0.2) is 4.79 Å². The number of hydrogen-bond acceptors (Lipinski definition) is 3. The van der Waals surface area contributed by atoms with Crippen LogP contribution in [0.5, 0.6) is 0 Å². The second-order valence-electron chi connectivity index (χ2n) is 10.2. The van der Waals surface area contributed by atoms with E-state index in [4.69, 9.17) is 51.1 Å². The van der Waals surface area contributed by atoms with Gasteiger partial charge in [-0.15, -0.1) is 0 Å². The molecule has 1 heterocycles. The zero-order valence-corrected chi connectivity index (χ0v) is 23.8. The maximum atomic E-state index is 12.8. The van der Waals surface area contributed by atoms with Gasteiger partial charge in [-0.3, -0.25) is 4.79 Å². The fourth-order valence-corrected chi connectivity index (χ4v) is 5.11. The molecule has 0 bridgehead atoms. The number of carbonyl (C=O) groups excluding carboxylic acids is 2. The Bertz CT molecular complexity index is 1080. The van der Waals surface area contributed by atoms with Crippen molar-refractivity contribution in [2.75, 3.05) is 19.6 Å². The summed E-state index contributed by atoms with van der Waals surface area (Å²) in [5.41, 5.74) is 0.892. The summed E-state index contributed by atoms with van der Waals surface area (Å²) in [4.78, 5) is 27.0. The van der Waals surface area contributed by atoms with Gasteiger partial charge in [-0.05, 0) is 88.3 Å². The van der Waals surface area contributed by atoms with E-state index in [1.807, 2.05) is 32.9 Å². The number of nitrogens with one attached hydrogen (secondary N) is 1. The molecule has 3 rings (SSSR count).